The molecule has 0 fully saturated rings. The van der Waals surface area contributed by atoms with Crippen LogP contribution in [-0.4, -0.2) is 30.4 Å². The molecule has 6 heteroatoms. The second kappa shape index (κ2) is 5.82. The van der Waals surface area contributed by atoms with Crippen LogP contribution in [-0.2, 0) is 11.2 Å². The number of carbonyl (C=O) groups is 1. The average molecular weight is 275 g/mol. The Balaban J connectivity index is 3.24. The van der Waals surface area contributed by atoms with Gasteiger partial charge in [-0.2, -0.15) is 0 Å². The molecule has 5 nitrogen and oxygen atoms in total. The number of phenolic OH excluding ortho intramolecular Hbond substituents is 1. The third kappa shape index (κ3) is 2.79. The third-order valence-corrected chi connectivity index (χ3v) is 2.96. The summed E-state index contributed by atoms with van der Waals surface area (Å²) in [6, 6.07) is 1.49. The molecule has 0 saturated carbocycles. The monoisotopic (exact) mass is 274 g/mol. The van der Waals surface area contributed by atoms with Crippen molar-refractivity contribution in [2.24, 2.45) is 5.92 Å². The molecule has 1 atom stereocenters. The van der Waals surface area contributed by atoms with E-state index in [4.69, 9.17) is 26.2 Å². The van der Waals surface area contributed by atoms with Crippen molar-refractivity contribution in [1.29, 1.82) is 0 Å². The first-order chi connectivity index (χ1) is 8.42. The Hall–Kier alpha value is -1.62. The summed E-state index contributed by atoms with van der Waals surface area (Å²) in [5.41, 5.74) is 0.337. The quantitative estimate of drug-likeness (QED) is 0.862. The van der Waals surface area contributed by atoms with Crippen molar-refractivity contribution >= 4 is 17.6 Å². The van der Waals surface area contributed by atoms with Crippen LogP contribution in [0.1, 0.15) is 12.5 Å². The molecule has 0 saturated heterocycles. The third-order valence-electron chi connectivity index (χ3n) is 2.63. The van der Waals surface area contributed by atoms with Crippen molar-refractivity contribution in [2.45, 2.75) is 13.3 Å². The molecule has 1 rings (SSSR count). The number of phenols is 1. The minimum atomic E-state index is -0.958. The smallest absolute Gasteiger partial charge is 0.306 e. The molecular formula is C12H15ClO5. The second-order valence-electron chi connectivity index (χ2n) is 3.86. The van der Waals surface area contributed by atoms with Crippen molar-refractivity contribution in [1.82, 2.24) is 0 Å². The molecule has 2 N–H and O–H groups in total. The number of aliphatic carboxylic acids is 1. The summed E-state index contributed by atoms with van der Waals surface area (Å²) in [6.45, 7) is 1.54. The van der Waals surface area contributed by atoms with Crippen LogP contribution in [0.15, 0.2) is 6.07 Å². The minimum Gasteiger partial charge on any atom is -0.504 e. The first kappa shape index (κ1) is 14.4. The predicted octanol–water partition coefficient (Wildman–Crippen LogP) is 2.33. The Kier molecular flexibility index (Phi) is 4.67. The maximum Gasteiger partial charge on any atom is 0.306 e. The van der Waals surface area contributed by atoms with Gasteiger partial charge in [0.1, 0.15) is 0 Å². The fourth-order valence-electron chi connectivity index (χ4n) is 1.57. The molecule has 0 aliphatic rings. The van der Waals surface area contributed by atoms with Crippen LogP contribution in [0.3, 0.4) is 0 Å². The Morgan fingerprint density at radius 3 is 2.50 bits per heavy atom. The van der Waals surface area contributed by atoms with E-state index in [9.17, 15) is 9.90 Å². The molecule has 0 aromatic heterocycles. The van der Waals surface area contributed by atoms with Crippen LogP contribution in [0.25, 0.3) is 0 Å². The molecular weight excluding hydrogens is 260 g/mol. The highest BCUT2D eigenvalue weighted by molar-refractivity contribution is 6.31. The van der Waals surface area contributed by atoms with Gasteiger partial charge in [-0.15, -0.1) is 0 Å². The fraction of sp³-hybridized carbons (Fsp3) is 0.417. The summed E-state index contributed by atoms with van der Waals surface area (Å²) in [7, 11) is 2.81. The first-order valence-corrected chi connectivity index (χ1v) is 5.65. The van der Waals surface area contributed by atoms with Crippen molar-refractivity contribution in [3.8, 4) is 17.2 Å². The lowest BCUT2D eigenvalue weighted by atomic mass is 10.00. The van der Waals surface area contributed by atoms with Gasteiger partial charge in [0.15, 0.2) is 11.5 Å². The first-order valence-electron chi connectivity index (χ1n) is 5.27. The Morgan fingerprint density at radius 1 is 1.44 bits per heavy atom. The van der Waals surface area contributed by atoms with Crippen LogP contribution in [0, 0.1) is 5.92 Å². The minimum absolute atomic E-state index is 0.111. The molecule has 0 aliphatic carbocycles. The zero-order chi connectivity index (χ0) is 13.9. The average Bonchev–Trinajstić information content (AvgIpc) is 2.33. The lowest BCUT2D eigenvalue weighted by molar-refractivity contribution is -0.141. The van der Waals surface area contributed by atoms with Crippen molar-refractivity contribution in [3.05, 3.63) is 16.7 Å². The Bertz CT molecular complexity index is 458. The Labute approximate surface area is 110 Å². The number of aromatic hydroxyl groups is 1. The highest BCUT2D eigenvalue weighted by Gasteiger charge is 2.22. The SMILES string of the molecule is COc1cc(Cl)c(CC(C)C(=O)O)c(O)c1OC. The topological polar surface area (TPSA) is 76.0 Å². The van der Waals surface area contributed by atoms with E-state index in [-0.39, 0.29) is 22.9 Å². The number of benzene rings is 1. The highest BCUT2D eigenvalue weighted by Crippen LogP contribution is 2.43. The van der Waals surface area contributed by atoms with E-state index >= 15 is 0 Å². The zero-order valence-corrected chi connectivity index (χ0v) is 11.1. The predicted molar refractivity (Wildman–Crippen MR) is 66.7 cm³/mol. The van der Waals surface area contributed by atoms with Gasteiger partial charge >= 0.3 is 5.97 Å². The lowest BCUT2D eigenvalue weighted by Crippen LogP contribution is -2.12. The summed E-state index contributed by atoms with van der Waals surface area (Å²) in [5, 5.41) is 19.1. The van der Waals surface area contributed by atoms with E-state index in [1.165, 1.54) is 27.2 Å². The number of hydrogen-bond donors (Lipinski definition) is 2. The molecule has 1 unspecified atom stereocenters. The van der Waals surface area contributed by atoms with E-state index in [1.807, 2.05) is 0 Å². The van der Waals surface area contributed by atoms with Gasteiger partial charge in [0.05, 0.1) is 25.2 Å². The molecule has 1 aromatic carbocycles. The summed E-state index contributed by atoms with van der Waals surface area (Å²) >= 11 is 6.00. The molecule has 0 heterocycles. The molecule has 1 aromatic rings. The number of hydrogen-bond acceptors (Lipinski definition) is 4. The van der Waals surface area contributed by atoms with E-state index in [2.05, 4.69) is 0 Å². The van der Waals surface area contributed by atoms with Gasteiger partial charge in [0.2, 0.25) is 5.75 Å². The van der Waals surface area contributed by atoms with E-state index in [0.717, 1.165) is 0 Å². The molecule has 0 radical (unpaired) electrons. The van der Waals surface area contributed by atoms with Gasteiger partial charge in [-0.05, 0) is 6.42 Å². The van der Waals surface area contributed by atoms with Crippen LogP contribution in [0.5, 0.6) is 17.2 Å². The number of carboxylic acid groups (broad SMARTS) is 1. The van der Waals surface area contributed by atoms with Gasteiger partial charge in [-0.1, -0.05) is 18.5 Å². The van der Waals surface area contributed by atoms with Gasteiger partial charge < -0.3 is 19.7 Å². The van der Waals surface area contributed by atoms with E-state index in [0.29, 0.717) is 11.3 Å². The number of methoxy groups -OCH3 is 2. The van der Waals surface area contributed by atoms with E-state index in [1.54, 1.807) is 0 Å². The summed E-state index contributed by atoms with van der Waals surface area (Å²) < 4.78 is 10.0. The summed E-state index contributed by atoms with van der Waals surface area (Å²) in [6.07, 6.45) is 0.111. The fourth-order valence-corrected chi connectivity index (χ4v) is 1.84. The number of rotatable bonds is 5. The van der Waals surface area contributed by atoms with Crippen molar-refractivity contribution < 1.29 is 24.5 Å². The standard InChI is InChI=1S/C12H15ClO5/c1-6(12(15)16)4-7-8(13)5-9(17-2)11(18-3)10(7)14/h5-6,14H,4H2,1-3H3,(H,15,16). The normalized spacial score (nSPS) is 12.0. The summed E-state index contributed by atoms with van der Waals surface area (Å²) in [4.78, 5) is 10.8. The van der Waals surface area contributed by atoms with Gasteiger partial charge in [0, 0.05) is 11.6 Å². The van der Waals surface area contributed by atoms with E-state index < -0.39 is 11.9 Å². The Morgan fingerprint density at radius 2 is 2.06 bits per heavy atom. The summed E-state index contributed by atoms with van der Waals surface area (Å²) in [5.74, 6) is -1.36. The second-order valence-corrected chi connectivity index (χ2v) is 4.27. The van der Waals surface area contributed by atoms with Crippen molar-refractivity contribution in [2.75, 3.05) is 14.2 Å². The number of carboxylic acids is 1. The van der Waals surface area contributed by atoms with Gasteiger partial charge in [0.25, 0.3) is 0 Å². The van der Waals surface area contributed by atoms with Gasteiger partial charge in [-0.25, -0.2) is 0 Å². The van der Waals surface area contributed by atoms with Gasteiger partial charge in [-0.3, -0.25) is 4.79 Å². The molecule has 18 heavy (non-hydrogen) atoms. The van der Waals surface area contributed by atoms with Crippen LogP contribution >= 0.6 is 11.6 Å². The van der Waals surface area contributed by atoms with Crippen LogP contribution in [0.4, 0.5) is 0 Å². The van der Waals surface area contributed by atoms with Crippen LogP contribution in [0.2, 0.25) is 5.02 Å². The number of ether oxygens (including phenoxy) is 2. The largest absolute Gasteiger partial charge is 0.504 e. The maximum absolute atomic E-state index is 10.8. The number of halogens is 1. The highest BCUT2D eigenvalue weighted by atomic mass is 35.5. The molecule has 0 aliphatic heterocycles. The zero-order valence-electron chi connectivity index (χ0n) is 10.4. The maximum atomic E-state index is 10.8. The van der Waals surface area contributed by atoms with Crippen LogP contribution < -0.4 is 9.47 Å². The molecule has 100 valence electrons. The molecule has 0 spiro atoms. The molecule has 0 amide bonds. The molecule has 0 bridgehead atoms. The lowest BCUT2D eigenvalue weighted by Gasteiger charge is -2.15. The van der Waals surface area contributed by atoms with Crippen molar-refractivity contribution in [3.63, 3.8) is 0 Å².